The fourth-order valence-electron chi connectivity index (χ4n) is 3.94. The molecule has 0 saturated carbocycles. The zero-order chi connectivity index (χ0) is 21.1. The number of nitrogens with zero attached hydrogens (tertiary/aromatic N) is 2. The van der Waals surface area contributed by atoms with Gasteiger partial charge in [0.25, 0.3) is 0 Å². The maximum Gasteiger partial charge on any atom is 0.219 e. The topological polar surface area (TPSA) is 77.9 Å². The van der Waals surface area contributed by atoms with Crippen LogP contribution < -0.4 is 4.74 Å². The molecule has 0 saturated heterocycles. The summed E-state index contributed by atoms with van der Waals surface area (Å²) in [5.41, 5.74) is 4.15. The standard InChI is InChI=1S/C20H20FN3O3.C2H6/c1-3-24-7-6-12-13(14-8-11(21)4-5-17(14)27-2)9-15-18(16(12)10-24)22-20(25)19(15)23-26;1-2/h4-5,8-9,22,25H,3,6-7,10H2,1-2H3;1-2H3. The SMILES string of the molecule is CC.CCN1CCc2c(-c3cc(F)ccc3OC)cc3c(N=O)c(O)[nH]c3c2C1. The van der Waals surface area contributed by atoms with Gasteiger partial charge < -0.3 is 14.8 Å². The molecule has 0 atom stereocenters. The third-order valence-corrected chi connectivity index (χ3v) is 5.32. The molecule has 1 aliphatic rings. The number of aromatic amines is 1. The van der Waals surface area contributed by atoms with Crippen LogP contribution in [0.3, 0.4) is 0 Å². The van der Waals surface area contributed by atoms with Gasteiger partial charge in [-0.05, 0) is 59.1 Å². The highest BCUT2D eigenvalue weighted by atomic mass is 19.1. The zero-order valence-corrected chi connectivity index (χ0v) is 17.2. The van der Waals surface area contributed by atoms with Crippen molar-refractivity contribution in [2.75, 3.05) is 20.2 Å². The van der Waals surface area contributed by atoms with E-state index in [0.29, 0.717) is 28.8 Å². The first kappa shape index (κ1) is 20.8. The highest BCUT2D eigenvalue weighted by Crippen LogP contribution is 2.44. The number of hydrogen-bond acceptors (Lipinski definition) is 5. The van der Waals surface area contributed by atoms with E-state index in [1.54, 1.807) is 19.2 Å². The molecule has 0 radical (unpaired) electrons. The van der Waals surface area contributed by atoms with Gasteiger partial charge in [0.1, 0.15) is 11.6 Å². The minimum absolute atomic E-state index is 0.0296. The number of halogens is 1. The summed E-state index contributed by atoms with van der Waals surface area (Å²) in [6.07, 6.45) is 0.776. The molecule has 0 aliphatic carbocycles. The van der Waals surface area contributed by atoms with Gasteiger partial charge in [-0.2, -0.15) is 0 Å². The molecule has 154 valence electrons. The summed E-state index contributed by atoms with van der Waals surface area (Å²) in [4.78, 5) is 16.5. The van der Waals surface area contributed by atoms with Gasteiger partial charge in [-0.3, -0.25) is 4.90 Å². The number of benzene rings is 2. The molecule has 0 unspecified atom stereocenters. The second kappa shape index (κ2) is 8.61. The molecular formula is C22H26FN3O3. The van der Waals surface area contributed by atoms with Crippen molar-refractivity contribution >= 4 is 16.6 Å². The average molecular weight is 399 g/mol. The summed E-state index contributed by atoms with van der Waals surface area (Å²) in [5.74, 6) is -0.0632. The summed E-state index contributed by atoms with van der Waals surface area (Å²) in [6, 6.07) is 6.18. The third-order valence-electron chi connectivity index (χ3n) is 5.32. The fourth-order valence-corrected chi connectivity index (χ4v) is 3.94. The van der Waals surface area contributed by atoms with Crippen molar-refractivity contribution < 1.29 is 14.2 Å². The highest BCUT2D eigenvalue weighted by Gasteiger charge is 2.26. The van der Waals surface area contributed by atoms with E-state index < -0.39 is 0 Å². The number of fused-ring (bicyclic) bond motifs is 3. The Labute approximate surface area is 169 Å². The van der Waals surface area contributed by atoms with Crippen molar-refractivity contribution in [3.63, 3.8) is 0 Å². The van der Waals surface area contributed by atoms with Gasteiger partial charge in [0.05, 0.1) is 12.6 Å². The van der Waals surface area contributed by atoms with Gasteiger partial charge >= 0.3 is 0 Å². The van der Waals surface area contributed by atoms with Crippen molar-refractivity contribution in [3.05, 3.63) is 46.1 Å². The number of hydrogen-bond donors (Lipinski definition) is 2. The molecule has 0 bridgehead atoms. The van der Waals surface area contributed by atoms with E-state index in [1.807, 2.05) is 13.8 Å². The van der Waals surface area contributed by atoms with Crippen molar-refractivity contribution in [3.8, 4) is 22.8 Å². The van der Waals surface area contributed by atoms with Gasteiger partial charge in [-0.25, -0.2) is 4.39 Å². The Bertz CT molecular complexity index is 1050. The average Bonchev–Trinajstić information content (AvgIpc) is 3.09. The molecule has 29 heavy (non-hydrogen) atoms. The summed E-state index contributed by atoms with van der Waals surface area (Å²) in [6.45, 7) is 8.53. The Balaban J connectivity index is 0.00000117. The zero-order valence-electron chi connectivity index (χ0n) is 17.2. The number of ether oxygens (including phenoxy) is 1. The van der Waals surface area contributed by atoms with Crippen LogP contribution in [-0.2, 0) is 13.0 Å². The number of likely N-dealkylation sites (N-methyl/N-ethyl adjacent to an activating group) is 1. The highest BCUT2D eigenvalue weighted by molar-refractivity contribution is 6.00. The molecule has 0 spiro atoms. The number of rotatable bonds is 4. The summed E-state index contributed by atoms with van der Waals surface area (Å²) in [7, 11) is 1.54. The maximum atomic E-state index is 14.0. The third kappa shape index (κ3) is 3.58. The van der Waals surface area contributed by atoms with Crippen LogP contribution in [0.5, 0.6) is 11.6 Å². The van der Waals surface area contributed by atoms with Crippen LogP contribution in [0.2, 0.25) is 0 Å². The Morgan fingerprint density at radius 1 is 1.24 bits per heavy atom. The summed E-state index contributed by atoms with van der Waals surface area (Å²) < 4.78 is 19.4. The van der Waals surface area contributed by atoms with Gasteiger partial charge in [0.2, 0.25) is 5.88 Å². The van der Waals surface area contributed by atoms with Gasteiger partial charge in [-0.15, -0.1) is 4.91 Å². The minimum atomic E-state index is -0.365. The Kier molecular flexibility index (Phi) is 6.17. The Morgan fingerprint density at radius 3 is 2.66 bits per heavy atom. The summed E-state index contributed by atoms with van der Waals surface area (Å²) in [5, 5.41) is 13.6. The van der Waals surface area contributed by atoms with Crippen LogP contribution >= 0.6 is 0 Å². The second-order valence-electron chi connectivity index (χ2n) is 6.68. The summed E-state index contributed by atoms with van der Waals surface area (Å²) >= 11 is 0. The monoisotopic (exact) mass is 399 g/mol. The molecule has 2 N–H and O–H groups in total. The lowest BCUT2D eigenvalue weighted by atomic mass is 9.88. The van der Waals surface area contributed by atoms with Crippen LogP contribution in [0.4, 0.5) is 10.1 Å². The van der Waals surface area contributed by atoms with E-state index in [2.05, 4.69) is 22.0 Å². The van der Waals surface area contributed by atoms with Crippen LogP contribution in [-0.4, -0.2) is 35.2 Å². The van der Waals surface area contributed by atoms with E-state index in [9.17, 15) is 14.4 Å². The first-order chi connectivity index (χ1) is 14.1. The van der Waals surface area contributed by atoms with E-state index in [0.717, 1.165) is 36.2 Å². The number of nitrogens with one attached hydrogen (secondary N) is 1. The fraction of sp³-hybridized carbons (Fsp3) is 0.364. The van der Waals surface area contributed by atoms with Gasteiger partial charge in [-0.1, -0.05) is 20.8 Å². The van der Waals surface area contributed by atoms with Crippen molar-refractivity contribution in [2.24, 2.45) is 5.18 Å². The normalized spacial score (nSPS) is 13.6. The molecule has 3 aromatic rings. The lowest BCUT2D eigenvalue weighted by Crippen LogP contribution is -2.30. The number of nitroso groups, excluding NO2 is 1. The number of methoxy groups -OCH3 is 1. The van der Waals surface area contributed by atoms with Crippen molar-refractivity contribution in [1.82, 2.24) is 9.88 Å². The molecule has 1 aliphatic heterocycles. The predicted molar refractivity (Wildman–Crippen MR) is 113 cm³/mol. The smallest absolute Gasteiger partial charge is 0.219 e. The molecule has 2 heterocycles. The van der Waals surface area contributed by atoms with E-state index in [-0.39, 0.29) is 17.4 Å². The first-order valence-corrected chi connectivity index (χ1v) is 9.86. The maximum absolute atomic E-state index is 14.0. The molecule has 0 fully saturated rings. The second-order valence-corrected chi connectivity index (χ2v) is 6.68. The molecule has 1 aromatic heterocycles. The Morgan fingerprint density at radius 2 is 2.00 bits per heavy atom. The molecule has 4 rings (SSSR count). The van der Waals surface area contributed by atoms with Gasteiger partial charge in [0.15, 0.2) is 5.69 Å². The number of H-pyrrole nitrogens is 1. The first-order valence-electron chi connectivity index (χ1n) is 9.86. The molecule has 2 aromatic carbocycles. The lowest BCUT2D eigenvalue weighted by molar-refractivity contribution is 0.269. The molecule has 7 heteroatoms. The lowest BCUT2D eigenvalue weighted by Gasteiger charge is -2.30. The predicted octanol–water partition coefficient (Wildman–Crippen LogP) is 5.49. The number of aromatic nitrogens is 1. The van der Waals surface area contributed by atoms with Crippen LogP contribution in [0.1, 0.15) is 31.9 Å². The van der Waals surface area contributed by atoms with Gasteiger partial charge in [0, 0.05) is 24.0 Å². The van der Waals surface area contributed by atoms with Crippen molar-refractivity contribution in [1.29, 1.82) is 0 Å². The van der Waals surface area contributed by atoms with E-state index in [1.165, 1.54) is 12.1 Å². The molecule has 6 nitrogen and oxygen atoms in total. The largest absolute Gasteiger partial charge is 0.496 e. The van der Waals surface area contributed by atoms with Crippen LogP contribution in [0.25, 0.3) is 22.0 Å². The molecule has 0 amide bonds. The quantitative estimate of drug-likeness (QED) is 0.569. The van der Waals surface area contributed by atoms with Crippen molar-refractivity contribution in [2.45, 2.75) is 33.7 Å². The van der Waals surface area contributed by atoms with Crippen LogP contribution in [0, 0.1) is 10.7 Å². The van der Waals surface area contributed by atoms with Crippen LogP contribution in [0.15, 0.2) is 29.4 Å². The number of aromatic hydroxyl groups is 1. The van der Waals surface area contributed by atoms with E-state index >= 15 is 0 Å². The van der Waals surface area contributed by atoms with E-state index in [4.69, 9.17) is 4.74 Å². The Hall–Kier alpha value is -2.93. The minimum Gasteiger partial charge on any atom is -0.496 e. The molecular weight excluding hydrogens is 373 g/mol.